The summed E-state index contributed by atoms with van der Waals surface area (Å²) < 4.78 is 29.9. The first-order valence-corrected chi connectivity index (χ1v) is 9.01. The van der Waals surface area contributed by atoms with Crippen LogP contribution in [0.1, 0.15) is 25.0 Å². The van der Waals surface area contributed by atoms with Crippen LogP contribution in [-0.4, -0.2) is 25.9 Å². The van der Waals surface area contributed by atoms with Crippen molar-refractivity contribution in [2.45, 2.75) is 26.9 Å². The lowest BCUT2D eigenvalue weighted by Gasteiger charge is -2.12. The maximum atomic E-state index is 14.0. The van der Waals surface area contributed by atoms with E-state index in [4.69, 9.17) is 14.2 Å². The van der Waals surface area contributed by atoms with Crippen molar-refractivity contribution in [3.63, 3.8) is 0 Å². The molecule has 3 rings (SSSR count). The van der Waals surface area contributed by atoms with Gasteiger partial charge in [0.05, 0.1) is 13.2 Å². The normalized spacial score (nSPS) is 12.8. The molecule has 0 aliphatic carbocycles. The number of guanidine groups is 1. The van der Waals surface area contributed by atoms with Gasteiger partial charge in [0.25, 0.3) is 0 Å². The molecule has 1 aliphatic rings. The highest BCUT2D eigenvalue weighted by molar-refractivity contribution is 5.79. The van der Waals surface area contributed by atoms with Crippen LogP contribution in [0, 0.1) is 5.82 Å². The molecular formula is C20H24FN3O3. The molecule has 0 aromatic heterocycles. The van der Waals surface area contributed by atoms with Crippen molar-refractivity contribution in [2.75, 3.05) is 19.9 Å². The van der Waals surface area contributed by atoms with E-state index in [9.17, 15) is 4.39 Å². The van der Waals surface area contributed by atoms with Gasteiger partial charge in [-0.05, 0) is 49.2 Å². The first-order chi connectivity index (χ1) is 13.2. The number of nitrogens with zero attached hydrogens (tertiary/aromatic N) is 1. The summed E-state index contributed by atoms with van der Waals surface area (Å²) in [5.41, 5.74) is 1.83. The molecule has 7 heteroatoms. The van der Waals surface area contributed by atoms with E-state index in [1.54, 1.807) is 6.07 Å². The first-order valence-electron chi connectivity index (χ1n) is 9.01. The molecule has 2 N–H and O–H groups in total. The number of fused-ring (bicyclic) bond motifs is 1. The molecule has 1 heterocycles. The summed E-state index contributed by atoms with van der Waals surface area (Å²) in [5, 5.41) is 6.46. The number of rotatable bonds is 7. The number of hydrogen-bond acceptors (Lipinski definition) is 4. The summed E-state index contributed by atoms with van der Waals surface area (Å²) in [7, 11) is 0. The molecule has 6 nitrogen and oxygen atoms in total. The Morgan fingerprint density at radius 1 is 1.07 bits per heavy atom. The van der Waals surface area contributed by atoms with Gasteiger partial charge in [-0.2, -0.15) is 0 Å². The van der Waals surface area contributed by atoms with Gasteiger partial charge in [0.2, 0.25) is 6.79 Å². The lowest BCUT2D eigenvalue weighted by atomic mass is 10.2. The minimum Gasteiger partial charge on any atom is -0.491 e. The van der Waals surface area contributed by atoms with Gasteiger partial charge in [-0.3, -0.25) is 0 Å². The van der Waals surface area contributed by atoms with Crippen LogP contribution in [0.15, 0.2) is 41.4 Å². The number of benzene rings is 2. The highest BCUT2D eigenvalue weighted by Crippen LogP contribution is 2.32. The Morgan fingerprint density at radius 3 is 2.67 bits per heavy atom. The van der Waals surface area contributed by atoms with E-state index in [1.165, 1.54) is 6.07 Å². The maximum absolute atomic E-state index is 14.0. The van der Waals surface area contributed by atoms with E-state index < -0.39 is 0 Å². The van der Waals surface area contributed by atoms with Gasteiger partial charge in [-0.25, -0.2) is 9.38 Å². The SMILES string of the molecule is CCNC(=NCc1ccc(OCC)c(F)c1)NCc1ccc2c(c1)OCO2. The van der Waals surface area contributed by atoms with E-state index in [-0.39, 0.29) is 18.4 Å². The summed E-state index contributed by atoms with van der Waals surface area (Å²) in [4.78, 5) is 4.52. The van der Waals surface area contributed by atoms with E-state index >= 15 is 0 Å². The molecule has 0 radical (unpaired) electrons. The molecule has 0 spiro atoms. The molecule has 0 atom stereocenters. The smallest absolute Gasteiger partial charge is 0.231 e. The topological polar surface area (TPSA) is 64.1 Å². The van der Waals surface area contributed by atoms with Gasteiger partial charge in [0.15, 0.2) is 29.0 Å². The van der Waals surface area contributed by atoms with Gasteiger partial charge in [-0.1, -0.05) is 12.1 Å². The lowest BCUT2D eigenvalue weighted by molar-refractivity contribution is 0.174. The quantitative estimate of drug-likeness (QED) is 0.576. The second-order valence-electron chi connectivity index (χ2n) is 5.93. The Hall–Kier alpha value is -2.96. The monoisotopic (exact) mass is 373 g/mol. The second-order valence-corrected chi connectivity index (χ2v) is 5.93. The Balaban J connectivity index is 1.61. The number of aliphatic imine (C=N–C) groups is 1. The van der Waals surface area contributed by atoms with E-state index in [0.717, 1.165) is 29.2 Å². The molecule has 0 fully saturated rings. The molecule has 0 saturated heterocycles. The maximum Gasteiger partial charge on any atom is 0.231 e. The predicted molar refractivity (Wildman–Crippen MR) is 102 cm³/mol. The minimum absolute atomic E-state index is 0.259. The van der Waals surface area contributed by atoms with Gasteiger partial charge in [-0.15, -0.1) is 0 Å². The molecule has 144 valence electrons. The summed E-state index contributed by atoms with van der Waals surface area (Å²) in [6, 6.07) is 10.7. The average Bonchev–Trinajstić information content (AvgIpc) is 3.14. The van der Waals surface area contributed by atoms with Gasteiger partial charge in [0.1, 0.15) is 0 Å². The Bertz CT molecular complexity index is 811. The summed E-state index contributed by atoms with van der Waals surface area (Å²) >= 11 is 0. The molecule has 2 aromatic carbocycles. The fourth-order valence-corrected chi connectivity index (χ4v) is 2.66. The van der Waals surface area contributed by atoms with Crippen LogP contribution in [0.4, 0.5) is 4.39 Å². The molecule has 2 aromatic rings. The van der Waals surface area contributed by atoms with Crippen LogP contribution in [0.2, 0.25) is 0 Å². The molecule has 0 amide bonds. The Labute approximate surface area is 158 Å². The van der Waals surface area contributed by atoms with E-state index in [0.29, 0.717) is 25.7 Å². The second kappa shape index (κ2) is 9.12. The van der Waals surface area contributed by atoms with Crippen LogP contribution >= 0.6 is 0 Å². The van der Waals surface area contributed by atoms with Crippen LogP contribution in [-0.2, 0) is 13.1 Å². The van der Waals surface area contributed by atoms with E-state index in [2.05, 4.69) is 15.6 Å². The lowest BCUT2D eigenvalue weighted by Crippen LogP contribution is -2.36. The number of ether oxygens (including phenoxy) is 3. The summed E-state index contributed by atoms with van der Waals surface area (Å²) in [6.07, 6.45) is 0. The third kappa shape index (κ3) is 5.03. The number of hydrogen-bond donors (Lipinski definition) is 2. The Morgan fingerprint density at radius 2 is 1.89 bits per heavy atom. The van der Waals surface area contributed by atoms with Crippen molar-refractivity contribution >= 4 is 5.96 Å². The predicted octanol–water partition coefficient (Wildman–Crippen LogP) is 3.21. The molecule has 27 heavy (non-hydrogen) atoms. The zero-order valence-corrected chi connectivity index (χ0v) is 15.5. The van der Waals surface area contributed by atoms with Crippen molar-refractivity contribution < 1.29 is 18.6 Å². The van der Waals surface area contributed by atoms with Gasteiger partial charge < -0.3 is 24.8 Å². The number of halogens is 1. The third-order valence-electron chi connectivity index (χ3n) is 3.96. The molecular weight excluding hydrogens is 349 g/mol. The summed E-state index contributed by atoms with van der Waals surface area (Å²) in [6.45, 7) is 6.18. The van der Waals surface area contributed by atoms with Crippen molar-refractivity contribution in [3.8, 4) is 17.2 Å². The first kappa shape index (κ1) is 18.8. The van der Waals surface area contributed by atoms with Crippen LogP contribution < -0.4 is 24.8 Å². The van der Waals surface area contributed by atoms with Crippen molar-refractivity contribution in [1.82, 2.24) is 10.6 Å². The van der Waals surface area contributed by atoms with Crippen LogP contribution in [0.3, 0.4) is 0 Å². The van der Waals surface area contributed by atoms with Crippen molar-refractivity contribution in [1.29, 1.82) is 0 Å². The van der Waals surface area contributed by atoms with Crippen LogP contribution in [0.5, 0.6) is 17.2 Å². The average molecular weight is 373 g/mol. The molecule has 1 aliphatic heterocycles. The highest BCUT2D eigenvalue weighted by atomic mass is 19.1. The fourth-order valence-electron chi connectivity index (χ4n) is 2.66. The van der Waals surface area contributed by atoms with Gasteiger partial charge >= 0.3 is 0 Å². The standard InChI is InChI=1S/C20H24FN3O3/c1-3-22-20(23-11-14-5-7-17(25-4-2)16(21)9-14)24-12-15-6-8-18-19(10-15)27-13-26-18/h5-10H,3-4,11-13H2,1-2H3,(H2,22,23,24). The Kier molecular flexibility index (Phi) is 6.35. The zero-order chi connectivity index (χ0) is 19.1. The highest BCUT2D eigenvalue weighted by Gasteiger charge is 2.13. The largest absolute Gasteiger partial charge is 0.491 e. The van der Waals surface area contributed by atoms with Crippen LogP contribution in [0.25, 0.3) is 0 Å². The van der Waals surface area contributed by atoms with Crippen molar-refractivity contribution in [2.24, 2.45) is 4.99 Å². The van der Waals surface area contributed by atoms with Gasteiger partial charge in [0, 0.05) is 13.1 Å². The fraction of sp³-hybridized carbons (Fsp3) is 0.350. The molecule has 0 saturated carbocycles. The molecule has 0 unspecified atom stereocenters. The zero-order valence-electron chi connectivity index (χ0n) is 15.5. The minimum atomic E-state index is -0.372. The third-order valence-corrected chi connectivity index (χ3v) is 3.96. The molecule has 0 bridgehead atoms. The number of nitrogens with one attached hydrogen (secondary N) is 2. The summed E-state index contributed by atoms with van der Waals surface area (Å²) in [5.74, 6) is 2.06. The van der Waals surface area contributed by atoms with Crippen molar-refractivity contribution in [3.05, 3.63) is 53.3 Å². The van der Waals surface area contributed by atoms with E-state index in [1.807, 2.05) is 38.1 Å².